The Labute approximate surface area is 110 Å². The fourth-order valence-electron chi connectivity index (χ4n) is 2.47. The Balaban J connectivity index is 1.99. The van der Waals surface area contributed by atoms with Crippen molar-refractivity contribution in [3.63, 3.8) is 0 Å². The molecule has 3 atom stereocenters. The van der Waals surface area contributed by atoms with Crippen LogP contribution in [0.25, 0.3) is 0 Å². The van der Waals surface area contributed by atoms with Gasteiger partial charge in [0.1, 0.15) is 0 Å². The van der Waals surface area contributed by atoms with E-state index in [1.54, 1.807) is 0 Å². The van der Waals surface area contributed by atoms with Crippen LogP contribution in [0.4, 0.5) is 0 Å². The van der Waals surface area contributed by atoms with Crippen molar-refractivity contribution < 1.29 is 4.21 Å². The molecule has 0 aromatic heterocycles. The number of hydrogen-bond donors (Lipinski definition) is 1. The first-order valence-electron chi connectivity index (χ1n) is 6.02. The summed E-state index contributed by atoms with van der Waals surface area (Å²) in [7, 11) is -0.806. The van der Waals surface area contributed by atoms with Crippen molar-refractivity contribution >= 4 is 22.4 Å². The summed E-state index contributed by atoms with van der Waals surface area (Å²) in [6, 6.07) is 7.60. The average Bonchev–Trinajstić information content (AvgIpc) is 2.80. The van der Waals surface area contributed by atoms with Gasteiger partial charge in [-0.1, -0.05) is 30.2 Å². The van der Waals surface area contributed by atoms with E-state index in [0.29, 0.717) is 18.2 Å². The first-order valence-corrected chi connectivity index (χ1v) is 7.78. The standard InChI is InChI=1S/C13H18ClNOS/c14-12-6-4-10(5-7-12)9-17(16)13-3-1-2-11(13)8-15/h4-7,11,13H,1-3,8-9,15H2. The van der Waals surface area contributed by atoms with E-state index < -0.39 is 10.8 Å². The van der Waals surface area contributed by atoms with E-state index in [4.69, 9.17) is 17.3 Å². The van der Waals surface area contributed by atoms with Crippen molar-refractivity contribution in [3.05, 3.63) is 34.9 Å². The Kier molecular flexibility index (Phi) is 4.60. The third-order valence-electron chi connectivity index (χ3n) is 3.45. The van der Waals surface area contributed by atoms with Crippen molar-refractivity contribution in [1.29, 1.82) is 0 Å². The minimum absolute atomic E-state index is 0.288. The summed E-state index contributed by atoms with van der Waals surface area (Å²) < 4.78 is 12.3. The highest BCUT2D eigenvalue weighted by Gasteiger charge is 2.30. The number of halogens is 1. The summed E-state index contributed by atoms with van der Waals surface area (Å²) in [6.07, 6.45) is 3.36. The molecule has 2 nitrogen and oxygen atoms in total. The highest BCUT2D eigenvalue weighted by Crippen LogP contribution is 2.30. The molecule has 4 heteroatoms. The number of nitrogens with two attached hydrogens (primary N) is 1. The SMILES string of the molecule is NCC1CCCC1S(=O)Cc1ccc(Cl)cc1. The lowest BCUT2D eigenvalue weighted by Gasteiger charge is -2.17. The molecule has 1 saturated carbocycles. The van der Waals surface area contributed by atoms with Gasteiger partial charge in [-0.05, 0) is 43.0 Å². The molecule has 2 N–H and O–H groups in total. The van der Waals surface area contributed by atoms with Gasteiger partial charge in [0.2, 0.25) is 0 Å². The quantitative estimate of drug-likeness (QED) is 0.915. The Bertz CT molecular complexity index is 393. The smallest absolute Gasteiger partial charge is 0.0488 e. The maximum Gasteiger partial charge on any atom is 0.0488 e. The Morgan fingerprint density at radius 2 is 2.00 bits per heavy atom. The molecule has 3 unspecified atom stereocenters. The van der Waals surface area contributed by atoms with Gasteiger partial charge in [0.15, 0.2) is 0 Å². The second-order valence-electron chi connectivity index (χ2n) is 4.62. The van der Waals surface area contributed by atoms with Gasteiger partial charge in [0, 0.05) is 26.8 Å². The lowest BCUT2D eigenvalue weighted by atomic mass is 10.1. The van der Waals surface area contributed by atoms with E-state index >= 15 is 0 Å². The van der Waals surface area contributed by atoms with E-state index in [1.807, 2.05) is 24.3 Å². The van der Waals surface area contributed by atoms with Crippen LogP contribution in [0, 0.1) is 5.92 Å². The molecule has 1 aliphatic carbocycles. The number of rotatable bonds is 4. The third kappa shape index (κ3) is 3.30. The summed E-state index contributed by atoms with van der Waals surface area (Å²) in [6.45, 7) is 0.664. The van der Waals surface area contributed by atoms with Gasteiger partial charge in [0.25, 0.3) is 0 Å². The van der Waals surface area contributed by atoms with Crippen molar-refractivity contribution in [1.82, 2.24) is 0 Å². The van der Waals surface area contributed by atoms with E-state index in [2.05, 4.69) is 0 Å². The van der Waals surface area contributed by atoms with Gasteiger partial charge in [0.05, 0.1) is 0 Å². The molecule has 0 bridgehead atoms. The molecule has 94 valence electrons. The lowest BCUT2D eigenvalue weighted by Crippen LogP contribution is -2.27. The summed E-state index contributed by atoms with van der Waals surface area (Å²) >= 11 is 5.83. The second-order valence-corrected chi connectivity index (χ2v) is 6.71. The van der Waals surface area contributed by atoms with E-state index in [-0.39, 0.29) is 5.25 Å². The van der Waals surface area contributed by atoms with Gasteiger partial charge in [-0.15, -0.1) is 0 Å². The minimum atomic E-state index is -0.806. The van der Waals surface area contributed by atoms with Crippen LogP contribution >= 0.6 is 11.6 Å². The topological polar surface area (TPSA) is 43.1 Å². The molecule has 0 spiro atoms. The molecule has 0 heterocycles. The van der Waals surface area contributed by atoms with E-state index in [1.165, 1.54) is 6.42 Å². The van der Waals surface area contributed by atoms with Crippen LogP contribution in [0.2, 0.25) is 5.02 Å². The Morgan fingerprint density at radius 1 is 1.29 bits per heavy atom. The van der Waals surface area contributed by atoms with Crippen molar-refractivity contribution in [3.8, 4) is 0 Å². The fraction of sp³-hybridized carbons (Fsp3) is 0.538. The zero-order chi connectivity index (χ0) is 12.3. The zero-order valence-corrected chi connectivity index (χ0v) is 11.3. The average molecular weight is 272 g/mol. The monoisotopic (exact) mass is 271 g/mol. The molecule has 1 fully saturated rings. The predicted molar refractivity (Wildman–Crippen MR) is 73.5 cm³/mol. The normalized spacial score (nSPS) is 26.0. The van der Waals surface area contributed by atoms with Crippen molar-refractivity contribution in [2.24, 2.45) is 11.7 Å². The number of hydrogen-bond acceptors (Lipinski definition) is 2. The third-order valence-corrected chi connectivity index (χ3v) is 5.62. The van der Waals surface area contributed by atoms with Crippen LogP contribution < -0.4 is 5.73 Å². The fourth-order valence-corrected chi connectivity index (χ4v) is 4.44. The summed E-state index contributed by atoms with van der Waals surface area (Å²) in [5.41, 5.74) is 6.82. The molecular formula is C13H18ClNOS. The maximum absolute atomic E-state index is 12.3. The number of benzene rings is 1. The van der Waals surface area contributed by atoms with Gasteiger partial charge >= 0.3 is 0 Å². The highest BCUT2D eigenvalue weighted by molar-refractivity contribution is 7.84. The molecule has 2 rings (SSSR count). The summed E-state index contributed by atoms with van der Waals surface area (Å²) in [5.74, 6) is 1.07. The van der Waals surface area contributed by atoms with E-state index in [0.717, 1.165) is 23.4 Å². The van der Waals surface area contributed by atoms with Crippen LogP contribution in [0.5, 0.6) is 0 Å². The van der Waals surface area contributed by atoms with Gasteiger partial charge in [-0.2, -0.15) is 0 Å². The molecule has 0 amide bonds. The molecule has 1 aromatic carbocycles. The van der Waals surface area contributed by atoms with Crippen LogP contribution in [0.1, 0.15) is 24.8 Å². The molecule has 17 heavy (non-hydrogen) atoms. The van der Waals surface area contributed by atoms with Crippen LogP contribution in [-0.4, -0.2) is 16.0 Å². The van der Waals surface area contributed by atoms with Gasteiger partial charge < -0.3 is 5.73 Å². The Hall–Kier alpha value is -0.380. The summed E-state index contributed by atoms with van der Waals surface area (Å²) in [4.78, 5) is 0. The maximum atomic E-state index is 12.3. The zero-order valence-electron chi connectivity index (χ0n) is 9.77. The van der Waals surface area contributed by atoms with Crippen molar-refractivity contribution in [2.45, 2.75) is 30.3 Å². The first-order chi connectivity index (χ1) is 8.20. The predicted octanol–water partition coefficient (Wildman–Crippen LogP) is 2.72. The molecular weight excluding hydrogens is 254 g/mol. The van der Waals surface area contributed by atoms with Crippen LogP contribution in [0.3, 0.4) is 0 Å². The van der Waals surface area contributed by atoms with Gasteiger partial charge in [-0.3, -0.25) is 4.21 Å². The lowest BCUT2D eigenvalue weighted by molar-refractivity contribution is 0.557. The van der Waals surface area contributed by atoms with E-state index in [9.17, 15) is 4.21 Å². The van der Waals surface area contributed by atoms with Crippen LogP contribution in [-0.2, 0) is 16.6 Å². The molecule has 0 aliphatic heterocycles. The first kappa shape index (κ1) is 13.1. The molecule has 1 aromatic rings. The Morgan fingerprint density at radius 3 is 2.65 bits per heavy atom. The molecule has 0 radical (unpaired) electrons. The van der Waals surface area contributed by atoms with Crippen LogP contribution in [0.15, 0.2) is 24.3 Å². The highest BCUT2D eigenvalue weighted by atomic mass is 35.5. The molecule has 1 aliphatic rings. The minimum Gasteiger partial charge on any atom is -0.330 e. The molecule has 0 saturated heterocycles. The van der Waals surface area contributed by atoms with Gasteiger partial charge in [-0.25, -0.2) is 0 Å². The summed E-state index contributed by atoms with van der Waals surface area (Å²) in [5, 5.41) is 1.01. The second kappa shape index (κ2) is 5.98. The largest absolute Gasteiger partial charge is 0.330 e. The van der Waals surface area contributed by atoms with Crippen molar-refractivity contribution in [2.75, 3.05) is 6.54 Å².